The maximum Gasteiger partial charge on any atom is 0.191 e. The first-order valence-electron chi connectivity index (χ1n) is 6.21. The Morgan fingerprint density at radius 2 is 2.06 bits per heavy atom. The third kappa shape index (κ3) is 5.19. The molecule has 0 fully saturated rings. The Bertz CT molecular complexity index is 407. The predicted octanol–water partition coefficient (Wildman–Crippen LogP) is 4.36. The Morgan fingerprint density at radius 1 is 1.39 bits per heavy atom. The third-order valence-corrected chi connectivity index (χ3v) is 2.93. The molecule has 1 rings (SSSR count). The van der Waals surface area contributed by atoms with E-state index >= 15 is 0 Å². The molecule has 1 aromatic rings. The molecule has 0 saturated heterocycles. The Balaban J connectivity index is 2.52. The number of rotatable bonds is 5. The normalized spacial score (nSPS) is 13.4. The molecular weight excluding hydrogens is 248 g/mol. The first kappa shape index (κ1) is 15.2. The molecule has 0 radical (unpaired) electrons. The van der Waals surface area contributed by atoms with Crippen molar-refractivity contribution in [1.82, 2.24) is 0 Å². The highest BCUT2D eigenvalue weighted by atomic mass is 35.5. The Morgan fingerprint density at radius 3 is 2.61 bits per heavy atom. The van der Waals surface area contributed by atoms with E-state index in [1.165, 1.54) is 0 Å². The van der Waals surface area contributed by atoms with Gasteiger partial charge in [0.05, 0.1) is 0 Å². The van der Waals surface area contributed by atoms with Gasteiger partial charge < -0.3 is 4.74 Å². The number of hydrogen-bond acceptors (Lipinski definition) is 2. The van der Waals surface area contributed by atoms with Crippen molar-refractivity contribution < 1.29 is 9.53 Å². The summed E-state index contributed by atoms with van der Waals surface area (Å²) in [5, 5.41) is 0.572. The number of ether oxygens (including phenoxy) is 1. The minimum atomic E-state index is -0.425. The molecule has 100 valence electrons. The van der Waals surface area contributed by atoms with Crippen LogP contribution >= 0.6 is 11.6 Å². The third-order valence-electron chi connectivity index (χ3n) is 2.70. The van der Waals surface area contributed by atoms with E-state index in [0.29, 0.717) is 17.2 Å². The zero-order valence-corrected chi connectivity index (χ0v) is 12.3. The van der Waals surface area contributed by atoms with E-state index < -0.39 is 6.10 Å². The summed E-state index contributed by atoms with van der Waals surface area (Å²) < 4.78 is 5.58. The van der Waals surface area contributed by atoms with Gasteiger partial charge in [-0.05, 0) is 30.9 Å². The molecule has 0 heterocycles. The van der Waals surface area contributed by atoms with Gasteiger partial charge in [-0.2, -0.15) is 0 Å². The summed E-state index contributed by atoms with van der Waals surface area (Å²) >= 11 is 5.86. The summed E-state index contributed by atoms with van der Waals surface area (Å²) in [4.78, 5) is 12.1. The van der Waals surface area contributed by atoms with Crippen LogP contribution in [0.1, 0.15) is 44.5 Å². The predicted molar refractivity (Wildman–Crippen MR) is 75.3 cm³/mol. The highest BCUT2D eigenvalue weighted by molar-refractivity contribution is 6.31. The summed E-state index contributed by atoms with van der Waals surface area (Å²) in [6.45, 7) is 8.84. The smallest absolute Gasteiger partial charge is 0.191 e. The van der Waals surface area contributed by atoms with E-state index in [-0.39, 0.29) is 11.2 Å². The lowest BCUT2D eigenvalue weighted by atomic mass is 9.93. The quantitative estimate of drug-likeness (QED) is 0.742. The van der Waals surface area contributed by atoms with Crippen molar-refractivity contribution in [3.8, 4) is 0 Å². The van der Waals surface area contributed by atoms with E-state index in [1.54, 1.807) is 31.2 Å². The van der Waals surface area contributed by atoms with Gasteiger partial charge in [0.2, 0.25) is 0 Å². The largest absolute Gasteiger partial charge is 0.370 e. The van der Waals surface area contributed by atoms with Crippen LogP contribution in [0.15, 0.2) is 24.3 Å². The maximum absolute atomic E-state index is 12.1. The summed E-state index contributed by atoms with van der Waals surface area (Å²) in [5.41, 5.74) is 0.824. The van der Waals surface area contributed by atoms with Gasteiger partial charge >= 0.3 is 0 Å². The minimum absolute atomic E-state index is 0.0218. The van der Waals surface area contributed by atoms with Crippen molar-refractivity contribution in [3.05, 3.63) is 34.9 Å². The number of benzene rings is 1. The molecule has 1 aromatic carbocycles. The first-order chi connectivity index (χ1) is 8.29. The zero-order valence-electron chi connectivity index (χ0n) is 11.5. The van der Waals surface area contributed by atoms with Gasteiger partial charge in [-0.25, -0.2) is 0 Å². The van der Waals surface area contributed by atoms with Crippen LogP contribution < -0.4 is 0 Å². The molecule has 1 atom stereocenters. The molecule has 0 saturated carbocycles. The Hall–Kier alpha value is -0.860. The molecule has 0 amide bonds. The molecule has 3 heteroatoms. The molecular formula is C15H21ClO2. The molecule has 0 aromatic heterocycles. The SMILES string of the molecule is CC(OCCC(C)(C)C)C(=O)c1cccc(Cl)c1. The number of carbonyl (C=O) groups is 1. The zero-order chi connectivity index (χ0) is 13.8. The van der Waals surface area contributed by atoms with Crippen molar-refractivity contribution in [2.75, 3.05) is 6.61 Å². The average Bonchev–Trinajstić information content (AvgIpc) is 2.26. The molecule has 0 bridgehead atoms. The topological polar surface area (TPSA) is 26.3 Å². The summed E-state index contributed by atoms with van der Waals surface area (Å²) in [5.74, 6) is -0.0218. The van der Waals surface area contributed by atoms with Crippen LogP contribution in [-0.4, -0.2) is 18.5 Å². The lowest BCUT2D eigenvalue weighted by Gasteiger charge is -2.19. The van der Waals surface area contributed by atoms with Crippen molar-refractivity contribution >= 4 is 17.4 Å². The molecule has 0 aliphatic heterocycles. The molecule has 0 aliphatic carbocycles. The van der Waals surface area contributed by atoms with Gasteiger partial charge in [0.15, 0.2) is 5.78 Å². The van der Waals surface area contributed by atoms with Crippen molar-refractivity contribution in [2.45, 2.75) is 40.2 Å². The Labute approximate surface area is 114 Å². The molecule has 0 spiro atoms. The number of Topliss-reactive ketones (excluding diaryl/α,β-unsaturated/α-hetero) is 1. The second-order valence-corrected chi connectivity index (χ2v) is 6.13. The van der Waals surface area contributed by atoms with Crippen LogP contribution in [0.4, 0.5) is 0 Å². The van der Waals surface area contributed by atoms with E-state index in [4.69, 9.17) is 16.3 Å². The fourth-order valence-corrected chi connectivity index (χ4v) is 1.68. The van der Waals surface area contributed by atoms with Crippen LogP contribution in [0, 0.1) is 5.41 Å². The standard InChI is InChI=1S/C15H21ClO2/c1-11(18-9-8-15(2,3)4)14(17)12-6-5-7-13(16)10-12/h5-7,10-11H,8-9H2,1-4H3. The summed E-state index contributed by atoms with van der Waals surface area (Å²) in [6, 6.07) is 6.96. The number of carbonyl (C=O) groups excluding carboxylic acids is 1. The van der Waals surface area contributed by atoms with Gasteiger partial charge in [0, 0.05) is 17.2 Å². The molecule has 1 unspecified atom stereocenters. The van der Waals surface area contributed by atoms with Crippen molar-refractivity contribution in [2.24, 2.45) is 5.41 Å². The van der Waals surface area contributed by atoms with Gasteiger partial charge in [-0.15, -0.1) is 0 Å². The summed E-state index contributed by atoms with van der Waals surface area (Å²) in [6.07, 6.45) is 0.506. The Kier molecular flexibility index (Phi) is 5.36. The molecule has 18 heavy (non-hydrogen) atoms. The van der Waals surface area contributed by atoms with Gasteiger partial charge in [-0.1, -0.05) is 44.5 Å². The highest BCUT2D eigenvalue weighted by Gasteiger charge is 2.17. The highest BCUT2D eigenvalue weighted by Crippen LogP contribution is 2.19. The molecule has 0 N–H and O–H groups in total. The number of hydrogen-bond donors (Lipinski definition) is 0. The lowest BCUT2D eigenvalue weighted by Crippen LogP contribution is -2.23. The second kappa shape index (κ2) is 6.35. The minimum Gasteiger partial charge on any atom is -0.370 e. The van der Waals surface area contributed by atoms with Crippen LogP contribution in [0.2, 0.25) is 5.02 Å². The van der Waals surface area contributed by atoms with Crippen molar-refractivity contribution in [3.63, 3.8) is 0 Å². The number of halogens is 1. The van der Waals surface area contributed by atoms with Crippen LogP contribution in [0.25, 0.3) is 0 Å². The van der Waals surface area contributed by atoms with Gasteiger partial charge in [-0.3, -0.25) is 4.79 Å². The van der Waals surface area contributed by atoms with Gasteiger partial charge in [0.1, 0.15) is 6.10 Å². The van der Waals surface area contributed by atoms with Gasteiger partial charge in [0.25, 0.3) is 0 Å². The van der Waals surface area contributed by atoms with Crippen LogP contribution in [0.3, 0.4) is 0 Å². The fourth-order valence-electron chi connectivity index (χ4n) is 1.49. The monoisotopic (exact) mass is 268 g/mol. The average molecular weight is 269 g/mol. The van der Waals surface area contributed by atoms with Crippen LogP contribution in [0.5, 0.6) is 0 Å². The van der Waals surface area contributed by atoms with Crippen LogP contribution in [-0.2, 0) is 4.74 Å². The van der Waals surface area contributed by atoms with E-state index in [2.05, 4.69) is 20.8 Å². The van der Waals surface area contributed by atoms with E-state index in [0.717, 1.165) is 6.42 Å². The fraction of sp³-hybridized carbons (Fsp3) is 0.533. The molecule has 2 nitrogen and oxygen atoms in total. The molecule has 0 aliphatic rings. The first-order valence-corrected chi connectivity index (χ1v) is 6.59. The van der Waals surface area contributed by atoms with E-state index in [9.17, 15) is 4.79 Å². The van der Waals surface area contributed by atoms with Crippen molar-refractivity contribution in [1.29, 1.82) is 0 Å². The summed E-state index contributed by atoms with van der Waals surface area (Å²) in [7, 11) is 0. The van der Waals surface area contributed by atoms with E-state index in [1.807, 2.05) is 0 Å². The maximum atomic E-state index is 12.1. The number of ketones is 1. The second-order valence-electron chi connectivity index (χ2n) is 5.70. The lowest BCUT2D eigenvalue weighted by molar-refractivity contribution is 0.0394.